The second kappa shape index (κ2) is 8.96. The number of aromatic nitrogens is 2. The van der Waals surface area contributed by atoms with Gasteiger partial charge in [0.2, 0.25) is 5.91 Å². The minimum Gasteiger partial charge on any atom is -0.493 e. The van der Waals surface area contributed by atoms with Crippen LogP contribution in [0.25, 0.3) is 0 Å². The summed E-state index contributed by atoms with van der Waals surface area (Å²) in [6.45, 7) is 0.206. The van der Waals surface area contributed by atoms with Crippen molar-refractivity contribution >= 4 is 23.4 Å². The molecule has 2 heterocycles. The highest BCUT2D eigenvalue weighted by atomic mass is 32.2. The second-order valence-corrected chi connectivity index (χ2v) is 6.29. The number of hydrogen-bond acceptors (Lipinski definition) is 5. The number of carbonyl (C=O) groups excluding carboxylic acids is 1. The van der Waals surface area contributed by atoms with Crippen LogP contribution in [0.3, 0.4) is 0 Å². The minimum atomic E-state index is -0.327. The number of rotatable bonds is 7. The van der Waals surface area contributed by atoms with E-state index >= 15 is 0 Å². The Hall–Kier alpha value is -2.93. The van der Waals surface area contributed by atoms with Crippen molar-refractivity contribution in [1.29, 1.82) is 0 Å². The molecule has 0 radical (unpaired) electrons. The van der Waals surface area contributed by atoms with Gasteiger partial charge in [-0.3, -0.25) is 4.79 Å². The monoisotopic (exact) mass is 369 g/mol. The number of carbonyl (C=O) groups is 1. The molecular weight excluding hydrogens is 353 g/mol. The molecule has 0 unspecified atom stereocenters. The standard InChI is InChI=1S/C19H16FN3O2S/c20-14-4-6-16(7-5-14)25-12-9-17(24)23-15-8-11-22-19(13-15)26-18-3-1-2-10-21-18/h1-8,10-11,13H,9,12H2,(H,22,23,24). The molecule has 132 valence electrons. The molecule has 0 fully saturated rings. The van der Waals surface area contributed by atoms with E-state index < -0.39 is 0 Å². The topological polar surface area (TPSA) is 64.1 Å². The van der Waals surface area contributed by atoms with Crippen molar-refractivity contribution in [3.05, 3.63) is 72.8 Å². The van der Waals surface area contributed by atoms with E-state index in [1.165, 1.54) is 36.0 Å². The van der Waals surface area contributed by atoms with Gasteiger partial charge in [-0.25, -0.2) is 14.4 Å². The first-order valence-corrected chi connectivity index (χ1v) is 8.74. The van der Waals surface area contributed by atoms with Crippen molar-refractivity contribution < 1.29 is 13.9 Å². The summed E-state index contributed by atoms with van der Waals surface area (Å²) in [5, 5.41) is 4.38. The highest BCUT2D eigenvalue weighted by Gasteiger charge is 2.06. The van der Waals surface area contributed by atoms with Crippen LogP contribution in [-0.4, -0.2) is 22.5 Å². The second-order valence-electron chi connectivity index (χ2n) is 5.25. The summed E-state index contributed by atoms with van der Waals surface area (Å²) in [4.78, 5) is 20.5. The smallest absolute Gasteiger partial charge is 0.227 e. The molecule has 7 heteroatoms. The maximum atomic E-state index is 12.8. The summed E-state index contributed by atoms with van der Waals surface area (Å²) in [6.07, 6.45) is 3.54. The first-order chi connectivity index (χ1) is 12.7. The van der Waals surface area contributed by atoms with Crippen LogP contribution in [0.4, 0.5) is 10.1 Å². The fraction of sp³-hybridized carbons (Fsp3) is 0.105. The fourth-order valence-electron chi connectivity index (χ4n) is 2.07. The molecule has 0 bridgehead atoms. The number of ether oxygens (including phenoxy) is 1. The fourth-order valence-corrected chi connectivity index (χ4v) is 2.85. The lowest BCUT2D eigenvalue weighted by molar-refractivity contribution is -0.116. The van der Waals surface area contributed by atoms with Crippen molar-refractivity contribution in [2.24, 2.45) is 0 Å². The van der Waals surface area contributed by atoms with Gasteiger partial charge in [0.15, 0.2) is 0 Å². The molecule has 0 spiro atoms. The van der Waals surface area contributed by atoms with E-state index in [0.717, 1.165) is 10.1 Å². The van der Waals surface area contributed by atoms with Crippen LogP contribution in [0.5, 0.6) is 5.75 Å². The number of amides is 1. The average molecular weight is 369 g/mol. The SMILES string of the molecule is O=C(CCOc1ccc(F)cc1)Nc1ccnc(Sc2ccccn2)c1. The van der Waals surface area contributed by atoms with Gasteiger partial charge in [-0.1, -0.05) is 17.8 Å². The minimum absolute atomic E-state index is 0.174. The number of nitrogens with one attached hydrogen (secondary N) is 1. The van der Waals surface area contributed by atoms with Crippen LogP contribution in [-0.2, 0) is 4.79 Å². The third-order valence-corrected chi connectivity index (χ3v) is 4.16. The first-order valence-electron chi connectivity index (χ1n) is 7.92. The lowest BCUT2D eigenvalue weighted by atomic mass is 10.3. The lowest BCUT2D eigenvalue weighted by Crippen LogP contribution is -2.15. The van der Waals surface area contributed by atoms with Gasteiger partial charge in [-0.2, -0.15) is 0 Å². The molecule has 0 aliphatic carbocycles. The number of pyridine rings is 2. The van der Waals surface area contributed by atoms with Gasteiger partial charge in [0.05, 0.1) is 13.0 Å². The molecule has 1 amide bonds. The Morgan fingerprint density at radius 1 is 1.04 bits per heavy atom. The van der Waals surface area contributed by atoms with Crippen LogP contribution in [0.1, 0.15) is 6.42 Å². The zero-order valence-electron chi connectivity index (χ0n) is 13.8. The zero-order chi connectivity index (χ0) is 18.2. The number of benzene rings is 1. The maximum absolute atomic E-state index is 12.8. The van der Waals surface area contributed by atoms with E-state index in [1.807, 2.05) is 18.2 Å². The number of hydrogen-bond donors (Lipinski definition) is 1. The largest absolute Gasteiger partial charge is 0.493 e. The van der Waals surface area contributed by atoms with Crippen molar-refractivity contribution in [1.82, 2.24) is 9.97 Å². The summed E-state index contributed by atoms with van der Waals surface area (Å²) in [7, 11) is 0. The molecule has 2 aromatic heterocycles. The summed E-state index contributed by atoms with van der Waals surface area (Å²) in [6, 6.07) is 14.8. The molecule has 0 atom stereocenters. The van der Waals surface area contributed by atoms with Gasteiger partial charge in [-0.15, -0.1) is 0 Å². The van der Waals surface area contributed by atoms with Crippen molar-refractivity contribution in [2.75, 3.05) is 11.9 Å². The normalized spacial score (nSPS) is 10.3. The van der Waals surface area contributed by atoms with Crippen LogP contribution in [0, 0.1) is 5.82 Å². The van der Waals surface area contributed by atoms with Gasteiger partial charge in [0.25, 0.3) is 0 Å². The first kappa shape index (κ1) is 17.9. The summed E-state index contributed by atoms with van der Waals surface area (Å²) in [5.74, 6) is 0.0245. The Balaban J connectivity index is 1.49. The van der Waals surface area contributed by atoms with Crippen LogP contribution >= 0.6 is 11.8 Å². The summed E-state index contributed by atoms with van der Waals surface area (Å²) >= 11 is 1.42. The summed E-state index contributed by atoms with van der Waals surface area (Å²) < 4.78 is 18.2. The van der Waals surface area contributed by atoms with Gasteiger partial charge in [0, 0.05) is 18.1 Å². The number of anilines is 1. The van der Waals surface area contributed by atoms with Crippen LogP contribution in [0.2, 0.25) is 0 Å². The lowest BCUT2D eigenvalue weighted by Gasteiger charge is -2.08. The van der Waals surface area contributed by atoms with E-state index in [9.17, 15) is 9.18 Å². The molecule has 0 aliphatic heterocycles. The van der Waals surface area contributed by atoms with Gasteiger partial charge in [-0.05, 0) is 48.5 Å². The number of halogens is 1. The molecule has 1 aromatic carbocycles. The van der Waals surface area contributed by atoms with E-state index in [1.54, 1.807) is 24.5 Å². The van der Waals surface area contributed by atoms with Crippen LogP contribution < -0.4 is 10.1 Å². The van der Waals surface area contributed by atoms with Crippen molar-refractivity contribution in [2.45, 2.75) is 16.5 Å². The van der Waals surface area contributed by atoms with Crippen molar-refractivity contribution in [3.63, 3.8) is 0 Å². The van der Waals surface area contributed by atoms with E-state index in [2.05, 4.69) is 15.3 Å². The maximum Gasteiger partial charge on any atom is 0.227 e. The number of nitrogens with zero attached hydrogens (tertiary/aromatic N) is 2. The Kier molecular flexibility index (Phi) is 6.16. The average Bonchev–Trinajstić information content (AvgIpc) is 2.64. The van der Waals surface area contributed by atoms with Gasteiger partial charge in [0.1, 0.15) is 21.6 Å². The van der Waals surface area contributed by atoms with E-state index in [4.69, 9.17) is 4.74 Å². The Morgan fingerprint density at radius 3 is 2.62 bits per heavy atom. The third kappa shape index (κ3) is 5.56. The van der Waals surface area contributed by atoms with E-state index in [0.29, 0.717) is 11.4 Å². The highest BCUT2D eigenvalue weighted by Crippen LogP contribution is 2.25. The Bertz CT molecular complexity index is 860. The third-order valence-electron chi connectivity index (χ3n) is 3.28. The Morgan fingerprint density at radius 2 is 1.85 bits per heavy atom. The van der Waals surface area contributed by atoms with E-state index in [-0.39, 0.29) is 24.8 Å². The molecule has 0 aliphatic rings. The predicted octanol–water partition coefficient (Wildman–Crippen LogP) is 4.17. The highest BCUT2D eigenvalue weighted by molar-refractivity contribution is 7.99. The zero-order valence-corrected chi connectivity index (χ0v) is 14.6. The molecule has 5 nitrogen and oxygen atoms in total. The molecule has 0 saturated carbocycles. The van der Waals surface area contributed by atoms with Gasteiger partial charge >= 0.3 is 0 Å². The Labute approximate surface area is 154 Å². The van der Waals surface area contributed by atoms with Crippen molar-refractivity contribution in [3.8, 4) is 5.75 Å². The molecule has 1 N–H and O–H groups in total. The molecule has 3 aromatic rings. The molecule has 26 heavy (non-hydrogen) atoms. The predicted molar refractivity (Wildman–Crippen MR) is 97.7 cm³/mol. The summed E-state index contributed by atoms with van der Waals surface area (Å²) in [5.41, 5.74) is 0.658. The molecular formula is C19H16FN3O2S. The molecule has 0 saturated heterocycles. The molecule has 3 rings (SSSR count). The van der Waals surface area contributed by atoms with Gasteiger partial charge < -0.3 is 10.1 Å². The quantitative estimate of drug-likeness (QED) is 0.677. The van der Waals surface area contributed by atoms with Crippen LogP contribution in [0.15, 0.2) is 77.0 Å².